The summed E-state index contributed by atoms with van der Waals surface area (Å²) in [6, 6.07) is 23.5. The van der Waals surface area contributed by atoms with Crippen LogP contribution in [0.3, 0.4) is 0 Å². The molecule has 0 radical (unpaired) electrons. The number of thioether (sulfide) groups is 1. The minimum atomic E-state index is -4.61. The van der Waals surface area contributed by atoms with Crippen molar-refractivity contribution in [2.75, 3.05) is 10.6 Å². The van der Waals surface area contributed by atoms with Crippen molar-refractivity contribution in [2.24, 2.45) is 0 Å². The number of anilines is 2. The van der Waals surface area contributed by atoms with Crippen molar-refractivity contribution in [1.29, 1.82) is 0 Å². The van der Waals surface area contributed by atoms with Crippen LogP contribution in [0.5, 0.6) is 0 Å². The molecule has 0 aliphatic heterocycles. The van der Waals surface area contributed by atoms with Gasteiger partial charge in [0.15, 0.2) is 5.76 Å². The summed E-state index contributed by atoms with van der Waals surface area (Å²) in [5.41, 5.74) is -0.144. The molecule has 1 aromatic heterocycles. The number of nitrogens with one attached hydrogen (secondary N) is 2. The van der Waals surface area contributed by atoms with E-state index in [1.807, 2.05) is 0 Å². The minimum Gasteiger partial charge on any atom is -0.459 e. The molecule has 1 unspecified atom stereocenters. The first-order chi connectivity index (χ1) is 16.8. The predicted octanol–water partition coefficient (Wildman–Crippen LogP) is 7.02. The third kappa shape index (κ3) is 6.13. The summed E-state index contributed by atoms with van der Waals surface area (Å²) in [6.07, 6.45) is -3.22. The Morgan fingerprint density at radius 2 is 1.57 bits per heavy atom. The van der Waals surface area contributed by atoms with E-state index in [0.717, 1.165) is 17.8 Å². The van der Waals surface area contributed by atoms with Gasteiger partial charge in [-0.25, -0.2) is 0 Å². The van der Waals surface area contributed by atoms with E-state index in [0.29, 0.717) is 16.1 Å². The number of alkyl halides is 3. The molecule has 1 atom stereocenters. The van der Waals surface area contributed by atoms with Crippen LogP contribution in [0.1, 0.15) is 26.9 Å². The number of halogens is 3. The Balaban J connectivity index is 1.58. The topological polar surface area (TPSA) is 71.3 Å². The normalized spacial score (nSPS) is 12.1. The molecule has 0 fully saturated rings. The van der Waals surface area contributed by atoms with Crippen molar-refractivity contribution in [3.63, 3.8) is 0 Å². The van der Waals surface area contributed by atoms with Gasteiger partial charge in [-0.1, -0.05) is 48.5 Å². The van der Waals surface area contributed by atoms with Crippen LogP contribution in [0.15, 0.2) is 107 Å². The third-order valence-electron chi connectivity index (χ3n) is 4.92. The van der Waals surface area contributed by atoms with Crippen LogP contribution in [0.25, 0.3) is 0 Å². The van der Waals surface area contributed by atoms with Crippen molar-refractivity contribution >= 4 is 35.0 Å². The van der Waals surface area contributed by atoms with E-state index in [1.165, 1.54) is 30.5 Å². The zero-order valence-corrected chi connectivity index (χ0v) is 18.9. The highest BCUT2D eigenvalue weighted by Gasteiger charge is 2.34. The standard InChI is InChI=1S/C26H19F3N2O3S/c27-26(28,29)20-12-4-5-13-21(20)31-25(33)23(17-8-2-1-3-9-17)35-19-11-6-10-18(16-19)30-24(32)22-14-7-15-34-22/h1-16,23H,(H,30,32)(H,31,33). The maximum absolute atomic E-state index is 13.4. The van der Waals surface area contributed by atoms with E-state index in [1.54, 1.807) is 60.7 Å². The first kappa shape index (κ1) is 24.2. The minimum absolute atomic E-state index is 0.146. The van der Waals surface area contributed by atoms with Crippen LogP contribution < -0.4 is 10.6 Å². The first-order valence-corrected chi connectivity index (χ1v) is 11.3. The largest absolute Gasteiger partial charge is 0.459 e. The van der Waals surface area contributed by atoms with Gasteiger partial charge in [-0.2, -0.15) is 13.2 Å². The Bertz CT molecular complexity index is 1310. The van der Waals surface area contributed by atoms with Gasteiger partial charge in [0.2, 0.25) is 5.91 Å². The van der Waals surface area contributed by atoms with Gasteiger partial charge in [0.1, 0.15) is 5.25 Å². The van der Waals surface area contributed by atoms with E-state index >= 15 is 0 Å². The number of carbonyl (C=O) groups is 2. The molecular formula is C26H19F3N2O3S. The van der Waals surface area contributed by atoms with Gasteiger partial charge in [-0.05, 0) is 48.0 Å². The van der Waals surface area contributed by atoms with E-state index < -0.39 is 28.8 Å². The fraction of sp³-hybridized carbons (Fsp3) is 0.0769. The first-order valence-electron chi connectivity index (χ1n) is 10.4. The van der Waals surface area contributed by atoms with Gasteiger partial charge < -0.3 is 15.1 Å². The molecule has 2 amide bonds. The Morgan fingerprint density at radius 3 is 2.29 bits per heavy atom. The number of furan rings is 1. The van der Waals surface area contributed by atoms with Gasteiger partial charge >= 0.3 is 6.18 Å². The van der Waals surface area contributed by atoms with Gasteiger partial charge in [0.25, 0.3) is 5.91 Å². The van der Waals surface area contributed by atoms with Gasteiger partial charge in [-0.3, -0.25) is 9.59 Å². The molecule has 0 aliphatic carbocycles. The molecule has 0 bridgehead atoms. The molecule has 0 spiro atoms. The predicted molar refractivity (Wildman–Crippen MR) is 128 cm³/mol. The lowest BCUT2D eigenvalue weighted by Gasteiger charge is -2.19. The fourth-order valence-corrected chi connectivity index (χ4v) is 4.41. The summed E-state index contributed by atoms with van der Waals surface area (Å²) in [6.45, 7) is 0. The van der Waals surface area contributed by atoms with Crippen molar-refractivity contribution in [3.05, 3.63) is 114 Å². The van der Waals surface area contributed by atoms with E-state index in [9.17, 15) is 22.8 Å². The number of amides is 2. The number of hydrogen-bond acceptors (Lipinski definition) is 4. The van der Waals surface area contributed by atoms with E-state index in [2.05, 4.69) is 10.6 Å². The summed E-state index contributed by atoms with van der Waals surface area (Å²) in [5.74, 6) is -0.894. The lowest BCUT2D eigenvalue weighted by Crippen LogP contribution is -2.21. The number of carbonyl (C=O) groups excluding carboxylic acids is 2. The Labute approximate surface area is 203 Å². The summed E-state index contributed by atoms with van der Waals surface area (Å²) >= 11 is 1.15. The number of hydrogen-bond donors (Lipinski definition) is 2. The van der Waals surface area contributed by atoms with Crippen molar-refractivity contribution < 1.29 is 27.2 Å². The molecule has 0 saturated carbocycles. The maximum Gasteiger partial charge on any atom is 0.418 e. The third-order valence-corrected chi connectivity index (χ3v) is 6.17. The number of para-hydroxylation sites is 1. The molecule has 178 valence electrons. The molecule has 4 aromatic rings. The van der Waals surface area contributed by atoms with Crippen LogP contribution in [0.2, 0.25) is 0 Å². The second-order valence-corrected chi connectivity index (χ2v) is 8.58. The number of benzene rings is 3. The maximum atomic E-state index is 13.4. The van der Waals surface area contributed by atoms with E-state index in [4.69, 9.17) is 4.42 Å². The fourth-order valence-electron chi connectivity index (χ4n) is 3.32. The van der Waals surface area contributed by atoms with Crippen LogP contribution in [-0.4, -0.2) is 11.8 Å². The van der Waals surface area contributed by atoms with Crippen molar-refractivity contribution in [2.45, 2.75) is 16.3 Å². The smallest absolute Gasteiger partial charge is 0.418 e. The molecule has 9 heteroatoms. The molecule has 5 nitrogen and oxygen atoms in total. The van der Waals surface area contributed by atoms with Crippen molar-refractivity contribution in [1.82, 2.24) is 0 Å². The van der Waals surface area contributed by atoms with Crippen LogP contribution >= 0.6 is 11.8 Å². The summed E-state index contributed by atoms with van der Waals surface area (Å²) in [5, 5.41) is 4.31. The average molecular weight is 497 g/mol. The average Bonchev–Trinajstić information content (AvgIpc) is 3.38. The van der Waals surface area contributed by atoms with Crippen LogP contribution in [-0.2, 0) is 11.0 Å². The highest BCUT2D eigenvalue weighted by atomic mass is 32.2. The molecule has 2 N–H and O–H groups in total. The van der Waals surface area contributed by atoms with Gasteiger partial charge in [-0.15, -0.1) is 11.8 Å². The second-order valence-electron chi connectivity index (χ2n) is 7.40. The zero-order chi connectivity index (χ0) is 24.8. The van der Waals surface area contributed by atoms with Crippen molar-refractivity contribution in [3.8, 4) is 0 Å². The molecule has 0 aliphatic rings. The van der Waals surface area contributed by atoms with Gasteiger partial charge in [0.05, 0.1) is 17.5 Å². The zero-order valence-electron chi connectivity index (χ0n) is 18.1. The molecule has 3 aromatic carbocycles. The summed E-state index contributed by atoms with van der Waals surface area (Å²) in [7, 11) is 0. The highest BCUT2D eigenvalue weighted by Crippen LogP contribution is 2.39. The molecule has 0 saturated heterocycles. The number of rotatable bonds is 7. The Morgan fingerprint density at radius 1 is 0.829 bits per heavy atom. The Hall–Kier alpha value is -3.98. The lowest BCUT2D eigenvalue weighted by atomic mass is 10.1. The molecular weight excluding hydrogens is 477 g/mol. The molecule has 4 rings (SSSR count). The quantitative estimate of drug-likeness (QED) is 0.270. The summed E-state index contributed by atoms with van der Waals surface area (Å²) < 4.78 is 45.4. The second kappa shape index (κ2) is 10.5. The Kier molecular flexibility index (Phi) is 7.26. The lowest BCUT2D eigenvalue weighted by molar-refractivity contribution is -0.137. The molecule has 35 heavy (non-hydrogen) atoms. The molecule has 1 heterocycles. The van der Waals surface area contributed by atoms with Crippen LogP contribution in [0.4, 0.5) is 24.5 Å². The monoisotopic (exact) mass is 496 g/mol. The van der Waals surface area contributed by atoms with Gasteiger partial charge in [0, 0.05) is 10.6 Å². The SMILES string of the molecule is O=C(Nc1cccc(SC(C(=O)Nc2ccccc2C(F)(F)F)c2ccccc2)c1)c1ccco1. The summed E-state index contributed by atoms with van der Waals surface area (Å²) in [4.78, 5) is 26.2. The highest BCUT2D eigenvalue weighted by molar-refractivity contribution is 8.00. The van der Waals surface area contributed by atoms with E-state index in [-0.39, 0.29) is 11.4 Å². The van der Waals surface area contributed by atoms with Crippen LogP contribution in [0, 0.1) is 0 Å².